The number of hydrogen-bond acceptors (Lipinski definition) is 2. The molecule has 6 heteroatoms. The quantitative estimate of drug-likeness (QED) is 0.872. The Morgan fingerprint density at radius 1 is 1.45 bits per heavy atom. The third-order valence-electron chi connectivity index (χ3n) is 4.40. The molecule has 1 aliphatic carbocycles. The van der Waals surface area contributed by atoms with Crippen LogP contribution in [0.25, 0.3) is 0 Å². The molecule has 0 bridgehead atoms. The molecule has 1 aliphatic rings. The lowest BCUT2D eigenvalue weighted by molar-refractivity contribution is 0.0969. The zero-order chi connectivity index (χ0) is 16.2. The topological polar surface area (TPSA) is 52.6 Å². The Hall–Kier alpha value is -1.33. The highest BCUT2D eigenvalue weighted by Crippen LogP contribution is 2.38. The van der Waals surface area contributed by atoms with E-state index < -0.39 is 5.82 Å². The van der Waals surface area contributed by atoms with Crippen LogP contribution in [-0.4, -0.2) is 36.2 Å². The van der Waals surface area contributed by atoms with E-state index >= 15 is 0 Å². The molecule has 0 spiro atoms. The highest BCUT2D eigenvalue weighted by atomic mass is 35.5. The van der Waals surface area contributed by atoms with Crippen molar-refractivity contribution < 1.29 is 14.3 Å². The van der Waals surface area contributed by atoms with Crippen molar-refractivity contribution in [1.82, 2.24) is 10.2 Å². The van der Waals surface area contributed by atoms with Crippen LogP contribution in [-0.2, 0) is 6.54 Å². The minimum atomic E-state index is -0.432. The van der Waals surface area contributed by atoms with Crippen molar-refractivity contribution in [2.24, 2.45) is 5.41 Å². The predicted molar refractivity (Wildman–Crippen MR) is 84.3 cm³/mol. The average molecular weight is 329 g/mol. The monoisotopic (exact) mass is 328 g/mol. The molecule has 1 fully saturated rings. The van der Waals surface area contributed by atoms with E-state index in [0.29, 0.717) is 11.6 Å². The van der Waals surface area contributed by atoms with Gasteiger partial charge in [0.05, 0.1) is 6.61 Å². The van der Waals surface area contributed by atoms with Crippen molar-refractivity contribution in [3.63, 3.8) is 0 Å². The molecule has 1 aromatic rings. The van der Waals surface area contributed by atoms with Crippen LogP contribution in [0.2, 0.25) is 5.02 Å². The number of rotatable bonds is 5. The molecule has 2 amide bonds. The maximum Gasteiger partial charge on any atom is 0.317 e. The molecule has 2 rings (SSSR count). The third kappa shape index (κ3) is 3.90. The summed E-state index contributed by atoms with van der Waals surface area (Å²) in [5, 5.41) is 12.6. The van der Waals surface area contributed by atoms with Gasteiger partial charge in [-0.1, -0.05) is 30.5 Å². The largest absolute Gasteiger partial charge is 0.396 e. The first-order valence-electron chi connectivity index (χ1n) is 7.50. The molecule has 22 heavy (non-hydrogen) atoms. The second-order valence-electron chi connectivity index (χ2n) is 6.08. The number of benzene rings is 1. The van der Waals surface area contributed by atoms with Crippen LogP contribution < -0.4 is 5.32 Å². The van der Waals surface area contributed by atoms with Gasteiger partial charge >= 0.3 is 6.03 Å². The van der Waals surface area contributed by atoms with Gasteiger partial charge in [0.1, 0.15) is 5.82 Å². The maximum atomic E-state index is 13.7. The number of carbonyl (C=O) groups is 1. The molecular formula is C16H22ClFN2O2. The normalized spacial score (nSPS) is 16.5. The number of hydrogen-bond donors (Lipinski definition) is 2. The Morgan fingerprint density at radius 3 is 2.73 bits per heavy atom. The van der Waals surface area contributed by atoms with Crippen molar-refractivity contribution in [3.05, 3.63) is 34.6 Å². The van der Waals surface area contributed by atoms with Crippen LogP contribution in [0, 0.1) is 11.2 Å². The van der Waals surface area contributed by atoms with Crippen molar-refractivity contribution in [3.8, 4) is 0 Å². The van der Waals surface area contributed by atoms with Gasteiger partial charge in [0.15, 0.2) is 0 Å². The highest BCUT2D eigenvalue weighted by Gasteiger charge is 2.35. The first-order valence-corrected chi connectivity index (χ1v) is 7.88. The number of aliphatic hydroxyl groups excluding tert-OH is 1. The van der Waals surface area contributed by atoms with Crippen molar-refractivity contribution in [1.29, 1.82) is 0 Å². The van der Waals surface area contributed by atoms with Crippen LogP contribution in [0.15, 0.2) is 18.2 Å². The number of amides is 2. The summed E-state index contributed by atoms with van der Waals surface area (Å²) in [6, 6.07) is 4.14. The van der Waals surface area contributed by atoms with Gasteiger partial charge in [-0.2, -0.15) is 0 Å². The van der Waals surface area contributed by atoms with Gasteiger partial charge in [0.25, 0.3) is 0 Å². The summed E-state index contributed by atoms with van der Waals surface area (Å²) >= 11 is 5.94. The molecule has 122 valence electrons. The van der Waals surface area contributed by atoms with Crippen LogP contribution in [0.1, 0.15) is 31.2 Å². The molecule has 1 aromatic carbocycles. The third-order valence-corrected chi connectivity index (χ3v) is 4.75. The summed E-state index contributed by atoms with van der Waals surface area (Å²) in [7, 11) is 1.69. The number of aliphatic hydroxyl groups is 1. The minimum Gasteiger partial charge on any atom is -0.396 e. The summed E-state index contributed by atoms with van der Waals surface area (Å²) < 4.78 is 13.7. The average Bonchev–Trinajstić information content (AvgIpc) is 2.95. The fourth-order valence-corrected chi connectivity index (χ4v) is 3.30. The van der Waals surface area contributed by atoms with Gasteiger partial charge in [-0.15, -0.1) is 0 Å². The maximum absolute atomic E-state index is 13.7. The SMILES string of the molecule is CN(CC1(CO)CCCC1)C(=O)NCc1c(F)cccc1Cl. The smallest absolute Gasteiger partial charge is 0.317 e. The molecular weight excluding hydrogens is 307 g/mol. The summed E-state index contributed by atoms with van der Waals surface area (Å²) in [5.41, 5.74) is 0.0884. The Balaban J connectivity index is 1.91. The van der Waals surface area contributed by atoms with Crippen LogP contribution >= 0.6 is 11.6 Å². The van der Waals surface area contributed by atoms with Crippen LogP contribution in [0.3, 0.4) is 0 Å². The van der Waals surface area contributed by atoms with Gasteiger partial charge in [-0.25, -0.2) is 9.18 Å². The molecule has 0 aliphatic heterocycles. The zero-order valence-electron chi connectivity index (χ0n) is 12.7. The predicted octanol–water partition coefficient (Wildman–Crippen LogP) is 3.17. The van der Waals surface area contributed by atoms with E-state index in [1.807, 2.05) is 0 Å². The molecule has 0 atom stereocenters. The van der Waals surface area contributed by atoms with Crippen molar-refractivity contribution >= 4 is 17.6 Å². The molecule has 1 saturated carbocycles. The molecule has 4 nitrogen and oxygen atoms in total. The number of nitrogens with zero attached hydrogens (tertiary/aromatic N) is 1. The second-order valence-corrected chi connectivity index (χ2v) is 6.49. The van der Waals surface area contributed by atoms with E-state index in [9.17, 15) is 14.3 Å². The first kappa shape index (κ1) is 17.0. The summed E-state index contributed by atoms with van der Waals surface area (Å²) in [4.78, 5) is 13.7. The van der Waals surface area contributed by atoms with Crippen molar-refractivity contribution in [2.75, 3.05) is 20.2 Å². The number of nitrogens with one attached hydrogen (secondary N) is 1. The van der Waals surface area contributed by atoms with Crippen LogP contribution in [0.5, 0.6) is 0 Å². The van der Waals surface area contributed by atoms with E-state index in [1.165, 1.54) is 12.1 Å². The zero-order valence-corrected chi connectivity index (χ0v) is 13.5. The lowest BCUT2D eigenvalue weighted by Crippen LogP contribution is -2.44. The van der Waals surface area contributed by atoms with E-state index in [0.717, 1.165) is 25.7 Å². The Kier molecular flexibility index (Phi) is 5.64. The molecule has 0 radical (unpaired) electrons. The summed E-state index contributed by atoms with van der Waals surface area (Å²) in [5.74, 6) is -0.432. The lowest BCUT2D eigenvalue weighted by Gasteiger charge is -2.31. The first-order chi connectivity index (χ1) is 10.5. The Bertz CT molecular complexity index is 513. The lowest BCUT2D eigenvalue weighted by atomic mass is 9.87. The summed E-state index contributed by atoms with van der Waals surface area (Å²) in [6.07, 6.45) is 4.03. The molecule has 0 aromatic heterocycles. The highest BCUT2D eigenvalue weighted by molar-refractivity contribution is 6.31. The van der Waals surface area contributed by atoms with Crippen LogP contribution in [0.4, 0.5) is 9.18 Å². The number of carbonyl (C=O) groups excluding carboxylic acids is 1. The van der Waals surface area contributed by atoms with Crippen molar-refractivity contribution in [2.45, 2.75) is 32.2 Å². The van der Waals surface area contributed by atoms with Gasteiger partial charge in [0, 0.05) is 36.1 Å². The summed E-state index contributed by atoms with van der Waals surface area (Å²) in [6.45, 7) is 0.630. The van der Waals surface area contributed by atoms with E-state index in [1.54, 1.807) is 18.0 Å². The molecule has 2 N–H and O–H groups in total. The Labute approximate surface area is 135 Å². The molecule has 0 saturated heterocycles. The second kappa shape index (κ2) is 7.29. The van der Waals surface area contributed by atoms with Gasteiger partial charge in [-0.05, 0) is 25.0 Å². The standard InChI is InChI=1S/C16H22ClFN2O2/c1-20(10-16(11-21)7-2-3-8-16)15(22)19-9-12-13(17)5-4-6-14(12)18/h4-6,21H,2-3,7-11H2,1H3,(H,19,22). The minimum absolute atomic E-state index is 0.0425. The van der Waals surface area contributed by atoms with E-state index in [2.05, 4.69) is 5.32 Å². The number of urea groups is 1. The van der Waals surface area contributed by atoms with E-state index in [4.69, 9.17) is 11.6 Å². The molecule has 0 unspecified atom stereocenters. The van der Waals surface area contributed by atoms with Gasteiger partial charge in [0.2, 0.25) is 0 Å². The van der Waals surface area contributed by atoms with Gasteiger partial charge < -0.3 is 15.3 Å². The Morgan fingerprint density at radius 2 is 2.14 bits per heavy atom. The fraction of sp³-hybridized carbons (Fsp3) is 0.562. The molecule has 0 heterocycles. The number of halogens is 2. The fourth-order valence-electron chi connectivity index (χ4n) is 3.07. The van der Waals surface area contributed by atoms with Gasteiger partial charge in [-0.3, -0.25) is 0 Å². The van der Waals surface area contributed by atoms with E-state index in [-0.39, 0.29) is 30.2 Å².